The van der Waals surface area contributed by atoms with Gasteiger partial charge in [0.2, 0.25) is 17.4 Å². The van der Waals surface area contributed by atoms with E-state index in [9.17, 15) is 44.4 Å². The van der Waals surface area contributed by atoms with Gasteiger partial charge in [-0.3, -0.25) is 24.1 Å². The van der Waals surface area contributed by atoms with E-state index in [1.807, 2.05) is 0 Å². The van der Waals surface area contributed by atoms with E-state index in [0.717, 1.165) is 88.8 Å². The number of carbonyl (C=O) groups excluding carboxylic acids is 4. The summed E-state index contributed by atoms with van der Waals surface area (Å²) in [5.41, 5.74) is 3.19. The molecule has 0 aromatic heterocycles. The fourth-order valence-electron chi connectivity index (χ4n) is 9.43. The zero-order chi connectivity index (χ0) is 51.2. The Balaban J connectivity index is 6.05. The lowest BCUT2D eigenvalue weighted by Gasteiger charge is -2.41. The third kappa shape index (κ3) is 32.8. The Labute approximate surface area is 426 Å². The van der Waals surface area contributed by atoms with Crippen LogP contribution < -0.4 is 5.73 Å². The number of aliphatic hydroxyl groups excluding tert-OH is 3. The lowest BCUT2D eigenvalue weighted by atomic mass is 9.79. The summed E-state index contributed by atoms with van der Waals surface area (Å²) in [5, 5.41) is 42.3. The molecule has 0 bridgehead atoms. The highest BCUT2D eigenvalue weighted by molar-refractivity contribution is 7.99. The monoisotopic (exact) mass is 997 g/mol. The Hall–Kier alpha value is -1.86. The average Bonchev–Trinajstić information content (AvgIpc) is 3.34. The minimum atomic E-state index is -3.18. The number of nitrogens with two attached hydrogens (primary N) is 1. The van der Waals surface area contributed by atoms with Gasteiger partial charge < -0.3 is 26.2 Å². The predicted molar refractivity (Wildman–Crippen MR) is 288 cm³/mol. The molecule has 0 aliphatic carbocycles. The van der Waals surface area contributed by atoms with Crippen molar-refractivity contribution < 1.29 is 44.4 Å². The van der Waals surface area contributed by atoms with E-state index < -0.39 is 59.7 Å². The zero-order valence-electron chi connectivity index (χ0n) is 44.8. The Kier molecular flexibility index (Phi) is 45.9. The van der Waals surface area contributed by atoms with Crippen LogP contribution in [0.25, 0.3) is 0 Å². The summed E-state index contributed by atoms with van der Waals surface area (Å²) in [5.74, 6) is -6.11. The highest BCUT2D eigenvalue weighted by Crippen LogP contribution is 2.31. The van der Waals surface area contributed by atoms with Crippen molar-refractivity contribution in [1.82, 2.24) is 4.90 Å². The van der Waals surface area contributed by atoms with E-state index in [4.69, 9.17) is 5.73 Å². The molecule has 11 nitrogen and oxygen atoms in total. The Bertz CT molecular complexity index is 1270. The molecular formula is C57H108N2O9S. The molecule has 0 heterocycles. The first-order valence-electron chi connectivity index (χ1n) is 28.9. The SMILES string of the molecule is CCCCCCCCCCCCCCCC(=O)C(O)C(C(=O)O)(C(=O)CCCCCCCCCCCCCCC)N(C(=O)CCCCCCCCCCCCCCC)C(=O)C(N)CSCC(O)CO. The predicted octanol–water partition coefficient (Wildman–Crippen LogP) is 13.5. The van der Waals surface area contributed by atoms with Gasteiger partial charge in [-0.15, -0.1) is 0 Å². The first-order valence-corrected chi connectivity index (χ1v) is 30.1. The number of thioether (sulfide) groups is 1. The molecule has 2 amide bonds. The van der Waals surface area contributed by atoms with Gasteiger partial charge in [-0.05, 0) is 19.3 Å². The largest absolute Gasteiger partial charge is 0.479 e. The van der Waals surface area contributed by atoms with Crippen molar-refractivity contribution in [2.45, 2.75) is 314 Å². The van der Waals surface area contributed by atoms with Crippen molar-refractivity contribution in [3.05, 3.63) is 0 Å². The molecule has 69 heavy (non-hydrogen) atoms. The number of unbranched alkanes of at least 4 members (excludes halogenated alkanes) is 36. The number of carbonyl (C=O) groups is 5. The molecule has 0 fully saturated rings. The van der Waals surface area contributed by atoms with Crippen LogP contribution in [0.1, 0.15) is 290 Å². The maximum atomic E-state index is 14.6. The summed E-state index contributed by atoms with van der Waals surface area (Å²) >= 11 is 1.03. The molecule has 4 unspecified atom stereocenters. The average molecular weight is 998 g/mol. The molecule has 0 aromatic carbocycles. The van der Waals surface area contributed by atoms with Crippen molar-refractivity contribution in [3.8, 4) is 0 Å². The Morgan fingerprint density at radius 3 is 1.09 bits per heavy atom. The maximum absolute atomic E-state index is 14.6. The van der Waals surface area contributed by atoms with Crippen LogP contribution in [0.3, 0.4) is 0 Å². The molecule has 0 saturated carbocycles. The molecule has 0 aromatic rings. The zero-order valence-corrected chi connectivity index (χ0v) is 45.6. The van der Waals surface area contributed by atoms with E-state index in [2.05, 4.69) is 20.8 Å². The standard InChI is InChI=1S/C57H108N2O9S/c1-4-7-10-13-16-19-22-25-28-31-34-37-40-43-51(62)54(65)57(56(67)68,52(63)44-41-38-35-32-29-26-23-20-17-14-11-8-5-2)59(55(66)50(58)48-69-47-49(61)46-60)53(64)45-42-39-36-33-30-27-24-21-18-15-12-9-6-3/h49-50,54,60-61,65H,4-48,58H2,1-3H3,(H,67,68). The second-order valence-electron chi connectivity index (χ2n) is 20.4. The summed E-state index contributed by atoms with van der Waals surface area (Å²) in [6.45, 7) is 6.15. The first kappa shape index (κ1) is 67.1. The van der Waals surface area contributed by atoms with Crippen LogP contribution in [0.15, 0.2) is 0 Å². The van der Waals surface area contributed by atoms with Crippen LogP contribution in [-0.2, 0) is 24.0 Å². The second kappa shape index (κ2) is 47.2. The third-order valence-electron chi connectivity index (χ3n) is 13.9. The van der Waals surface area contributed by atoms with Crippen molar-refractivity contribution in [2.75, 3.05) is 18.1 Å². The van der Waals surface area contributed by atoms with Crippen molar-refractivity contribution >= 4 is 41.1 Å². The van der Waals surface area contributed by atoms with Gasteiger partial charge in [0.1, 0.15) is 0 Å². The fourth-order valence-corrected chi connectivity index (χ4v) is 10.3. The fraction of sp³-hybridized carbons (Fsp3) is 0.912. The summed E-state index contributed by atoms with van der Waals surface area (Å²) in [6.07, 6.45) is 37.3. The summed E-state index contributed by atoms with van der Waals surface area (Å²) in [7, 11) is 0. The molecule has 406 valence electrons. The molecule has 0 radical (unpaired) electrons. The van der Waals surface area contributed by atoms with Gasteiger partial charge in [0.05, 0.1) is 18.8 Å². The number of imide groups is 1. The number of hydrogen-bond acceptors (Lipinski definition) is 10. The van der Waals surface area contributed by atoms with Crippen LogP contribution in [0.5, 0.6) is 0 Å². The molecule has 0 aliphatic rings. The van der Waals surface area contributed by atoms with Crippen LogP contribution in [0, 0.1) is 0 Å². The Morgan fingerprint density at radius 1 is 0.464 bits per heavy atom. The summed E-state index contributed by atoms with van der Waals surface area (Å²) in [6, 6.07) is -1.50. The highest BCUT2D eigenvalue weighted by atomic mass is 32.2. The van der Waals surface area contributed by atoms with E-state index in [1.165, 1.54) is 135 Å². The molecule has 12 heteroatoms. The van der Waals surface area contributed by atoms with Crippen molar-refractivity contribution in [2.24, 2.45) is 5.73 Å². The van der Waals surface area contributed by atoms with Gasteiger partial charge in [-0.2, -0.15) is 11.8 Å². The van der Waals surface area contributed by atoms with Crippen LogP contribution in [0.2, 0.25) is 0 Å². The first-order chi connectivity index (χ1) is 33.5. The molecule has 4 atom stereocenters. The van der Waals surface area contributed by atoms with Crippen LogP contribution in [-0.4, -0.2) is 96.6 Å². The van der Waals surface area contributed by atoms with Crippen molar-refractivity contribution in [1.29, 1.82) is 0 Å². The van der Waals surface area contributed by atoms with E-state index in [1.54, 1.807) is 0 Å². The lowest BCUT2D eigenvalue weighted by Crippen LogP contribution is -2.73. The maximum Gasteiger partial charge on any atom is 0.341 e. The highest BCUT2D eigenvalue weighted by Gasteiger charge is 2.62. The van der Waals surface area contributed by atoms with Gasteiger partial charge in [0.15, 0.2) is 17.7 Å². The van der Waals surface area contributed by atoms with Gasteiger partial charge in [-0.25, -0.2) is 4.79 Å². The number of nitrogens with zero attached hydrogens (tertiary/aromatic N) is 1. The Morgan fingerprint density at radius 2 is 0.768 bits per heavy atom. The number of carboxylic acids is 1. The second-order valence-corrected chi connectivity index (χ2v) is 21.5. The van der Waals surface area contributed by atoms with Gasteiger partial charge >= 0.3 is 5.97 Å². The molecular weight excluding hydrogens is 889 g/mol. The quantitative estimate of drug-likeness (QED) is 0.0287. The van der Waals surface area contributed by atoms with E-state index in [0.29, 0.717) is 37.0 Å². The van der Waals surface area contributed by atoms with Gasteiger partial charge in [-0.1, -0.05) is 252 Å². The van der Waals surface area contributed by atoms with Crippen LogP contribution >= 0.6 is 11.8 Å². The number of carboxylic acid groups (broad SMARTS) is 1. The number of Topliss-reactive ketones (excluding diaryl/α,β-unsaturated/α-hetero) is 2. The molecule has 0 rings (SSSR count). The van der Waals surface area contributed by atoms with E-state index in [-0.39, 0.29) is 37.2 Å². The molecule has 0 saturated heterocycles. The van der Waals surface area contributed by atoms with Crippen molar-refractivity contribution in [3.63, 3.8) is 0 Å². The number of aliphatic hydroxyl groups is 3. The van der Waals surface area contributed by atoms with Crippen LogP contribution in [0.4, 0.5) is 0 Å². The topological polar surface area (TPSA) is 196 Å². The lowest BCUT2D eigenvalue weighted by molar-refractivity contribution is -0.181. The number of ketones is 2. The molecule has 0 spiro atoms. The number of hydrogen-bond donors (Lipinski definition) is 5. The van der Waals surface area contributed by atoms with Gasteiger partial charge in [0, 0.05) is 30.8 Å². The number of aliphatic carboxylic acids is 1. The molecule has 6 N–H and O–H groups in total. The minimum Gasteiger partial charge on any atom is -0.479 e. The van der Waals surface area contributed by atoms with Gasteiger partial charge in [0.25, 0.3) is 0 Å². The number of amides is 2. The summed E-state index contributed by atoms with van der Waals surface area (Å²) in [4.78, 5) is 71.5. The minimum absolute atomic E-state index is 0.0205. The number of rotatable bonds is 53. The molecule has 0 aliphatic heterocycles. The smallest absolute Gasteiger partial charge is 0.341 e. The third-order valence-corrected chi connectivity index (χ3v) is 15.2. The summed E-state index contributed by atoms with van der Waals surface area (Å²) < 4.78 is 0. The van der Waals surface area contributed by atoms with E-state index >= 15 is 0 Å². The normalized spacial score (nSPS) is 13.8.